The van der Waals surface area contributed by atoms with Crippen molar-refractivity contribution < 1.29 is 27.1 Å². The predicted octanol–water partition coefficient (Wildman–Crippen LogP) is 4.62. The van der Waals surface area contributed by atoms with E-state index in [1.165, 1.54) is 30.5 Å². The van der Waals surface area contributed by atoms with E-state index in [0.717, 1.165) is 11.8 Å². The van der Waals surface area contributed by atoms with Gasteiger partial charge in [0.1, 0.15) is 15.8 Å². The predicted molar refractivity (Wildman–Crippen MR) is 109 cm³/mol. The highest BCUT2D eigenvalue weighted by Crippen LogP contribution is 2.29. The van der Waals surface area contributed by atoms with Gasteiger partial charge in [-0.25, -0.2) is 0 Å². The van der Waals surface area contributed by atoms with Gasteiger partial charge in [-0.2, -0.15) is 0 Å². The van der Waals surface area contributed by atoms with Crippen molar-refractivity contribution in [3.63, 3.8) is 0 Å². The first kappa shape index (κ1) is 20.0. The lowest BCUT2D eigenvalue weighted by molar-refractivity contribution is -0.274. The number of carbonyl (C=O) groups is 1. The summed E-state index contributed by atoms with van der Waals surface area (Å²) >= 11 is 6.10. The van der Waals surface area contributed by atoms with Gasteiger partial charge in [-0.05, 0) is 30.3 Å². The van der Waals surface area contributed by atoms with Crippen LogP contribution in [0.5, 0.6) is 5.75 Å². The number of fused-ring (bicyclic) bond motifs is 1. The van der Waals surface area contributed by atoms with Gasteiger partial charge in [-0.15, -0.1) is 13.2 Å². The molecule has 0 spiro atoms. The van der Waals surface area contributed by atoms with Crippen molar-refractivity contribution in [1.29, 1.82) is 0 Å². The number of benzene rings is 1. The summed E-state index contributed by atoms with van der Waals surface area (Å²) in [6, 6.07) is 6.92. The average Bonchev–Trinajstić information content (AvgIpc) is 3.22. The van der Waals surface area contributed by atoms with Crippen molar-refractivity contribution in [2.45, 2.75) is 6.36 Å². The minimum absolute atomic E-state index is 0.290. The molecule has 150 valence electrons. The van der Waals surface area contributed by atoms with E-state index in [9.17, 15) is 18.0 Å². The van der Waals surface area contributed by atoms with Crippen LogP contribution in [0.3, 0.4) is 0 Å². The number of alkyl halides is 3. The van der Waals surface area contributed by atoms with E-state index in [4.69, 9.17) is 16.6 Å². The lowest BCUT2D eigenvalue weighted by Crippen LogP contribution is -2.17. The van der Waals surface area contributed by atoms with Crippen LogP contribution in [0, 0.1) is 11.8 Å². The van der Waals surface area contributed by atoms with Crippen LogP contribution >= 0.6 is 24.0 Å². The maximum Gasteiger partial charge on any atom is 0.573 e. The number of nitrogens with zero attached hydrogens (tertiary/aromatic N) is 1. The molecule has 3 aromatic rings. The summed E-state index contributed by atoms with van der Waals surface area (Å²) in [5.41, 5.74) is 1.46. The monoisotopic (exact) mass is 446 g/mol. The minimum atomic E-state index is -4.75. The van der Waals surface area contributed by atoms with Gasteiger partial charge in [-0.3, -0.25) is 9.78 Å². The van der Waals surface area contributed by atoms with Gasteiger partial charge in [0, 0.05) is 29.4 Å². The zero-order valence-electron chi connectivity index (χ0n) is 14.7. The highest BCUT2D eigenvalue weighted by molar-refractivity contribution is 8.26. The maximum absolute atomic E-state index is 12.2. The smallest absolute Gasteiger partial charge is 0.455 e. The molecule has 10 heteroatoms. The SMILES string of the molecule is O=C1NC(=S)S/C1=C/c1cc2cncc(C#Cc3ccc(OC(F)(F)F)cc3)c2o1. The summed E-state index contributed by atoms with van der Waals surface area (Å²) in [6.07, 6.45) is -0.0515. The number of pyridine rings is 1. The summed E-state index contributed by atoms with van der Waals surface area (Å²) in [7, 11) is 0. The Labute approximate surface area is 177 Å². The maximum atomic E-state index is 12.2. The van der Waals surface area contributed by atoms with E-state index in [1.54, 1.807) is 18.3 Å². The van der Waals surface area contributed by atoms with E-state index in [-0.39, 0.29) is 11.7 Å². The second-order valence-electron chi connectivity index (χ2n) is 5.93. The number of rotatable bonds is 2. The van der Waals surface area contributed by atoms with Gasteiger partial charge < -0.3 is 14.5 Å². The summed E-state index contributed by atoms with van der Waals surface area (Å²) in [6.45, 7) is 0. The molecule has 1 N–H and O–H groups in total. The standard InChI is InChI=1S/C20H9F3N2O3S2/c21-20(22,23)28-14-5-2-11(3-6-14)1-4-12-9-24-10-13-7-15(27-17(12)13)8-16-18(26)25-19(29)30-16/h2-3,5-10H,(H,25,26,29)/b16-8+. The Kier molecular flexibility index (Phi) is 5.24. The van der Waals surface area contributed by atoms with Crippen LogP contribution in [-0.4, -0.2) is 21.6 Å². The van der Waals surface area contributed by atoms with Crippen molar-refractivity contribution in [2.75, 3.05) is 0 Å². The molecule has 30 heavy (non-hydrogen) atoms. The summed E-state index contributed by atoms with van der Waals surface area (Å²) in [5, 5.41) is 3.22. The van der Waals surface area contributed by atoms with Gasteiger partial charge >= 0.3 is 6.36 Å². The number of thioether (sulfide) groups is 1. The molecule has 2 aromatic heterocycles. The molecular formula is C20H9F3N2O3S2. The molecule has 0 atom stereocenters. The Bertz CT molecular complexity index is 1250. The fraction of sp³-hybridized carbons (Fsp3) is 0.0500. The normalized spacial score (nSPS) is 15.2. The first-order valence-electron chi connectivity index (χ1n) is 8.27. The zero-order valence-corrected chi connectivity index (χ0v) is 16.4. The first-order chi connectivity index (χ1) is 14.3. The molecule has 1 amide bonds. The second kappa shape index (κ2) is 7.85. The molecule has 5 nitrogen and oxygen atoms in total. The summed E-state index contributed by atoms with van der Waals surface area (Å²) in [4.78, 5) is 16.3. The summed E-state index contributed by atoms with van der Waals surface area (Å²) in [5.74, 6) is 5.58. The molecule has 0 unspecified atom stereocenters. The number of amides is 1. The van der Waals surface area contributed by atoms with Crippen molar-refractivity contribution in [1.82, 2.24) is 10.3 Å². The van der Waals surface area contributed by atoms with Gasteiger partial charge in [0.2, 0.25) is 0 Å². The van der Waals surface area contributed by atoms with Crippen LogP contribution in [0.25, 0.3) is 17.0 Å². The van der Waals surface area contributed by atoms with Crippen molar-refractivity contribution >= 4 is 51.3 Å². The Morgan fingerprint density at radius 2 is 1.97 bits per heavy atom. The van der Waals surface area contributed by atoms with Crippen LogP contribution in [0.1, 0.15) is 16.9 Å². The molecule has 1 aromatic carbocycles. The Hall–Kier alpha value is -3.29. The van der Waals surface area contributed by atoms with Crippen molar-refractivity contribution in [3.05, 3.63) is 64.5 Å². The number of furan rings is 1. The number of hydrogen-bond donors (Lipinski definition) is 1. The van der Waals surface area contributed by atoms with Gasteiger partial charge in [0.25, 0.3) is 5.91 Å². The molecule has 1 fully saturated rings. The van der Waals surface area contributed by atoms with E-state index in [1.807, 2.05) is 0 Å². The Morgan fingerprint density at radius 1 is 1.20 bits per heavy atom. The average molecular weight is 446 g/mol. The van der Waals surface area contributed by atoms with Crippen LogP contribution < -0.4 is 10.1 Å². The van der Waals surface area contributed by atoms with Crippen molar-refractivity contribution in [2.24, 2.45) is 0 Å². The molecule has 4 rings (SSSR count). The Balaban J connectivity index is 1.60. The number of halogens is 3. The molecule has 1 aliphatic heterocycles. The Morgan fingerprint density at radius 3 is 2.63 bits per heavy atom. The zero-order chi connectivity index (χ0) is 21.3. The van der Waals surface area contributed by atoms with E-state index < -0.39 is 6.36 Å². The number of carbonyl (C=O) groups excluding carboxylic acids is 1. The number of thiocarbonyl (C=S) groups is 1. The minimum Gasteiger partial charge on any atom is -0.455 e. The molecule has 0 aliphatic carbocycles. The van der Waals surface area contributed by atoms with Crippen molar-refractivity contribution in [3.8, 4) is 17.6 Å². The number of nitrogens with one attached hydrogen (secondary N) is 1. The third-order valence-corrected chi connectivity index (χ3v) is 4.95. The molecule has 1 saturated heterocycles. The highest BCUT2D eigenvalue weighted by atomic mass is 32.2. The lowest BCUT2D eigenvalue weighted by Gasteiger charge is -2.07. The fourth-order valence-electron chi connectivity index (χ4n) is 2.57. The topological polar surface area (TPSA) is 64.4 Å². The molecular weight excluding hydrogens is 437 g/mol. The molecule has 0 radical (unpaired) electrons. The summed E-state index contributed by atoms with van der Waals surface area (Å²) < 4.78 is 46.7. The molecule has 1 aliphatic rings. The quantitative estimate of drug-likeness (QED) is 0.352. The molecule has 0 bridgehead atoms. The third-order valence-electron chi connectivity index (χ3n) is 3.79. The largest absolute Gasteiger partial charge is 0.573 e. The molecule has 3 heterocycles. The van der Waals surface area contributed by atoms with Crippen LogP contribution in [0.2, 0.25) is 0 Å². The number of aromatic nitrogens is 1. The van der Waals surface area contributed by atoms with Gasteiger partial charge in [0.05, 0.1) is 10.5 Å². The fourth-order valence-corrected chi connectivity index (χ4v) is 3.60. The molecule has 0 saturated carbocycles. The highest BCUT2D eigenvalue weighted by Gasteiger charge is 2.30. The van der Waals surface area contributed by atoms with Gasteiger partial charge in [0.15, 0.2) is 5.58 Å². The lowest BCUT2D eigenvalue weighted by atomic mass is 10.2. The van der Waals surface area contributed by atoms with Crippen LogP contribution in [0.4, 0.5) is 13.2 Å². The van der Waals surface area contributed by atoms with E-state index in [0.29, 0.717) is 37.1 Å². The third kappa shape index (κ3) is 4.64. The number of hydrogen-bond acceptors (Lipinski definition) is 6. The van der Waals surface area contributed by atoms with Crippen LogP contribution in [-0.2, 0) is 4.79 Å². The first-order valence-corrected chi connectivity index (χ1v) is 9.49. The second-order valence-corrected chi connectivity index (χ2v) is 7.65. The van der Waals surface area contributed by atoms with E-state index >= 15 is 0 Å². The van der Waals surface area contributed by atoms with Gasteiger partial charge in [-0.1, -0.05) is 35.8 Å². The number of ether oxygens (including phenoxy) is 1. The van der Waals surface area contributed by atoms with Crippen LogP contribution in [0.15, 0.2) is 52.0 Å². The van der Waals surface area contributed by atoms with E-state index in [2.05, 4.69) is 26.9 Å².